The molecule has 1 atom stereocenters. The average molecular weight is 300 g/mol. The van der Waals surface area contributed by atoms with Crippen LogP contribution >= 0.6 is 23.7 Å². The second-order valence-corrected chi connectivity index (χ2v) is 4.68. The van der Waals surface area contributed by atoms with Gasteiger partial charge in [0, 0.05) is 9.75 Å². The van der Waals surface area contributed by atoms with Crippen molar-refractivity contribution in [3.63, 3.8) is 0 Å². The smallest absolute Gasteiger partial charge is 0.379 e. The van der Waals surface area contributed by atoms with Gasteiger partial charge in [-0.3, -0.25) is 0 Å². The van der Waals surface area contributed by atoms with Gasteiger partial charge in [-0.15, -0.1) is 23.7 Å². The molecule has 0 amide bonds. The number of ether oxygens (including phenoxy) is 1. The lowest BCUT2D eigenvalue weighted by molar-refractivity contribution is -0.174. The molecule has 0 spiro atoms. The van der Waals surface area contributed by atoms with Crippen LogP contribution in [-0.2, 0) is 16.0 Å². The summed E-state index contributed by atoms with van der Waals surface area (Å²) in [4.78, 5) is 12.4. The first-order valence-corrected chi connectivity index (χ1v) is 6.14. The van der Waals surface area contributed by atoms with Crippen LogP contribution in [-0.4, -0.2) is 18.5 Å². The Hall–Kier alpha value is -0.720. The van der Waals surface area contributed by atoms with E-state index in [2.05, 4.69) is 4.74 Å². The number of alkyl halides is 2. The first kappa shape index (κ1) is 17.3. The largest absolute Gasteiger partial charge is 0.462 e. The standard InChI is InChI=1S/C11H15F2NO2S.ClH/c1-3-7-5-6-8(17-7)9(14)11(12,13)10(15)16-4-2;/h5-6,9H,3-4,14H2,1-2H3;1H/t9-;/m0./s1. The van der Waals surface area contributed by atoms with E-state index in [0.29, 0.717) is 4.88 Å². The van der Waals surface area contributed by atoms with Gasteiger partial charge < -0.3 is 10.5 Å². The average Bonchev–Trinajstić information content (AvgIpc) is 2.76. The van der Waals surface area contributed by atoms with Crippen molar-refractivity contribution < 1.29 is 18.3 Å². The van der Waals surface area contributed by atoms with E-state index in [4.69, 9.17) is 5.73 Å². The molecule has 3 nitrogen and oxygen atoms in total. The summed E-state index contributed by atoms with van der Waals surface area (Å²) in [6.07, 6.45) is 0.752. The summed E-state index contributed by atoms with van der Waals surface area (Å²) in [5.41, 5.74) is 5.43. The molecule has 0 aliphatic heterocycles. The summed E-state index contributed by atoms with van der Waals surface area (Å²) in [5, 5.41) is 0. The summed E-state index contributed by atoms with van der Waals surface area (Å²) in [6.45, 7) is 3.30. The molecule has 2 N–H and O–H groups in total. The van der Waals surface area contributed by atoms with E-state index in [0.717, 1.165) is 11.3 Å². The molecular weight excluding hydrogens is 284 g/mol. The van der Waals surface area contributed by atoms with E-state index in [1.807, 2.05) is 6.92 Å². The van der Waals surface area contributed by atoms with E-state index in [9.17, 15) is 13.6 Å². The summed E-state index contributed by atoms with van der Waals surface area (Å²) in [7, 11) is 0. The molecule has 0 radical (unpaired) electrons. The third kappa shape index (κ3) is 3.63. The summed E-state index contributed by atoms with van der Waals surface area (Å²) < 4.78 is 31.5. The van der Waals surface area contributed by atoms with Gasteiger partial charge in [0.1, 0.15) is 6.04 Å². The minimum absolute atomic E-state index is 0. The van der Waals surface area contributed by atoms with Gasteiger partial charge >= 0.3 is 11.9 Å². The number of nitrogens with two attached hydrogens (primary N) is 1. The summed E-state index contributed by atoms with van der Waals surface area (Å²) >= 11 is 1.19. The molecule has 0 fully saturated rings. The van der Waals surface area contributed by atoms with Crippen LogP contribution in [0.4, 0.5) is 8.78 Å². The van der Waals surface area contributed by atoms with Crippen molar-refractivity contribution in [1.82, 2.24) is 0 Å². The van der Waals surface area contributed by atoms with Gasteiger partial charge in [-0.2, -0.15) is 8.78 Å². The van der Waals surface area contributed by atoms with Crippen LogP contribution in [0.15, 0.2) is 12.1 Å². The monoisotopic (exact) mass is 299 g/mol. The Morgan fingerprint density at radius 2 is 2.11 bits per heavy atom. The molecule has 0 saturated carbocycles. The molecule has 0 bridgehead atoms. The number of halogens is 3. The Labute approximate surface area is 115 Å². The lowest BCUT2D eigenvalue weighted by atomic mass is 10.1. The zero-order chi connectivity index (χ0) is 13.1. The Balaban J connectivity index is 0.00000289. The number of hydrogen-bond acceptors (Lipinski definition) is 4. The van der Waals surface area contributed by atoms with E-state index in [1.165, 1.54) is 24.3 Å². The Morgan fingerprint density at radius 1 is 1.50 bits per heavy atom. The number of esters is 1. The number of rotatable bonds is 5. The quantitative estimate of drug-likeness (QED) is 0.851. The Morgan fingerprint density at radius 3 is 2.56 bits per heavy atom. The maximum absolute atomic E-state index is 13.6. The highest BCUT2D eigenvalue weighted by Gasteiger charge is 2.48. The lowest BCUT2D eigenvalue weighted by Crippen LogP contribution is -2.41. The van der Waals surface area contributed by atoms with Crippen molar-refractivity contribution >= 4 is 29.7 Å². The minimum atomic E-state index is -3.69. The molecule has 18 heavy (non-hydrogen) atoms. The first-order valence-electron chi connectivity index (χ1n) is 5.32. The van der Waals surface area contributed by atoms with Gasteiger partial charge in [0.15, 0.2) is 0 Å². The lowest BCUT2D eigenvalue weighted by Gasteiger charge is -2.20. The van der Waals surface area contributed by atoms with Crippen molar-refractivity contribution in [3.05, 3.63) is 21.9 Å². The predicted octanol–water partition coefficient (Wildman–Crippen LogP) is 2.93. The third-order valence-corrected chi connectivity index (χ3v) is 3.59. The second kappa shape index (κ2) is 7.01. The highest BCUT2D eigenvalue weighted by Crippen LogP contribution is 2.34. The maximum atomic E-state index is 13.6. The molecule has 1 aromatic rings. The van der Waals surface area contributed by atoms with Crippen molar-refractivity contribution in [1.29, 1.82) is 0 Å². The van der Waals surface area contributed by atoms with Crippen LogP contribution in [0.3, 0.4) is 0 Å². The number of carbonyl (C=O) groups excluding carboxylic acids is 1. The summed E-state index contributed by atoms with van der Waals surface area (Å²) in [6, 6.07) is 1.62. The number of thiophene rings is 1. The van der Waals surface area contributed by atoms with Gasteiger partial charge in [0.25, 0.3) is 0 Å². The fraction of sp³-hybridized carbons (Fsp3) is 0.545. The van der Waals surface area contributed by atoms with Crippen molar-refractivity contribution in [3.8, 4) is 0 Å². The number of aryl methyl sites for hydroxylation is 1. The minimum Gasteiger partial charge on any atom is -0.462 e. The highest BCUT2D eigenvalue weighted by atomic mass is 35.5. The van der Waals surface area contributed by atoms with Crippen LogP contribution in [0.5, 0.6) is 0 Å². The molecule has 1 rings (SSSR count). The zero-order valence-electron chi connectivity index (χ0n) is 10.1. The first-order chi connectivity index (χ1) is 7.93. The summed E-state index contributed by atoms with van der Waals surface area (Å²) in [5.74, 6) is -5.26. The SMILES string of the molecule is CCOC(=O)C(F)(F)[C@@H](N)c1ccc(CC)s1.Cl. The van der Waals surface area contributed by atoms with Gasteiger partial charge in [0.2, 0.25) is 0 Å². The van der Waals surface area contributed by atoms with Crippen LogP contribution in [0.2, 0.25) is 0 Å². The zero-order valence-corrected chi connectivity index (χ0v) is 11.7. The molecule has 0 aliphatic rings. The van der Waals surface area contributed by atoms with Crippen LogP contribution < -0.4 is 5.73 Å². The normalized spacial score (nSPS) is 12.7. The van der Waals surface area contributed by atoms with Crippen molar-refractivity contribution in [2.24, 2.45) is 5.73 Å². The molecule has 7 heteroatoms. The predicted molar refractivity (Wildman–Crippen MR) is 69.5 cm³/mol. The molecule has 0 aromatic carbocycles. The van der Waals surface area contributed by atoms with Gasteiger partial charge in [-0.1, -0.05) is 6.92 Å². The molecule has 0 unspecified atom stereocenters. The van der Waals surface area contributed by atoms with Crippen LogP contribution in [0.25, 0.3) is 0 Å². The van der Waals surface area contributed by atoms with E-state index < -0.39 is 17.9 Å². The Kier molecular flexibility index (Phi) is 6.73. The van der Waals surface area contributed by atoms with Crippen molar-refractivity contribution in [2.75, 3.05) is 6.61 Å². The molecule has 0 saturated heterocycles. The second-order valence-electron chi connectivity index (χ2n) is 3.48. The molecule has 1 aromatic heterocycles. The van der Waals surface area contributed by atoms with Crippen LogP contribution in [0.1, 0.15) is 29.6 Å². The van der Waals surface area contributed by atoms with E-state index in [1.54, 1.807) is 6.07 Å². The topological polar surface area (TPSA) is 52.3 Å². The number of hydrogen-bond donors (Lipinski definition) is 1. The fourth-order valence-corrected chi connectivity index (χ4v) is 2.28. The van der Waals surface area contributed by atoms with Gasteiger partial charge in [0.05, 0.1) is 6.61 Å². The maximum Gasteiger partial charge on any atom is 0.379 e. The fourth-order valence-electron chi connectivity index (χ4n) is 1.28. The van der Waals surface area contributed by atoms with Crippen LogP contribution in [0, 0.1) is 0 Å². The number of carbonyl (C=O) groups is 1. The molecular formula is C11H16ClF2NO2S. The molecule has 104 valence electrons. The Bertz CT molecular complexity index is 398. The molecule has 1 heterocycles. The molecule has 0 aliphatic carbocycles. The van der Waals surface area contributed by atoms with E-state index >= 15 is 0 Å². The third-order valence-electron chi connectivity index (χ3n) is 2.28. The highest BCUT2D eigenvalue weighted by molar-refractivity contribution is 7.12. The van der Waals surface area contributed by atoms with E-state index in [-0.39, 0.29) is 19.0 Å². The van der Waals surface area contributed by atoms with Gasteiger partial charge in [-0.25, -0.2) is 4.79 Å². The van der Waals surface area contributed by atoms with Crippen molar-refractivity contribution in [2.45, 2.75) is 32.2 Å². The van der Waals surface area contributed by atoms with Gasteiger partial charge in [-0.05, 0) is 25.5 Å².